The highest BCUT2D eigenvalue weighted by atomic mass is 16.7. The molecule has 0 saturated heterocycles. The van der Waals surface area contributed by atoms with Crippen molar-refractivity contribution in [2.45, 2.75) is 78.0 Å². The fourth-order valence-electron chi connectivity index (χ4n) is 1.87. The Morgan fingerprint density at radius 3 is 2.43 bits per heavy atom. The van der Waals surface area contributed by atoms with Crippen molar-refractivity contribution in [1.29, 1.82) is 0 Å². The Kier molecular flexibility index (Phi) is 13.1. The lowest BCUT2D eigenvalue weighted by Gasteiger charge is -2.23. The van der Waals surface area contributed by atoms with Crippen LogP contribution in [0.15, 0.2) is 0 Å². The first-order valence-electron chi connectivity index (χ1n) is 8.77. The number of hydrogen-bond acceptors (Lipinski definition) is 5. The van der Waals surface area contributed by atoms with E-state index in [1.165, 1.54) is 0 Å². The highest BCUT2D eigenvalue weighted by molar-refractivity contribution is 5.68. The van der Waals surface area contributed by atoms with Gasteiger partial charge in [0.2, 0.25) is 6.29 Å². The molecule has 1 amide bonds. The zero-order valence-electron chi connectivity index (χ0n) is 15.4. The minimum atomic E-state index is -0.516. The van der Waals surface area contributed by atoms with Crippen molar-refractivity contribution < 1.29 is 19.0 Å². The molecule has 0 heterocycles. The van der Waals surface area contributed by atoms with Crippen LogP contribution in [-0.4, -0.2) is 44.3 Å². The van der Waals surface area contributed by atoms with Gasteiger partial charge in [-0.05, 0) is 53.0 Å². The number of carbonyl (C=O) groups excluding carboxylic acids is 1. The molecule has 0 aromatic heterocycles. The van der Waals surface area contributed by atoms with Crippen LogP contribution < -0.4 is 11.1 Å². The molecular formula is C17H36N2O4. The van der Waals surface area contributed by atoms with Crippen LogP contribution in [0.2, 0.25) is 0 Å². The normalized spacial score (nSPS) is 12.9. The molecule has 0 saturated carbocycles. The molecule has 3 N–H and O–H groups in total. The number of ether oxygens (including phenoxy) is 3. The summed E-state index contributed by atoms with van der Waals surface area (Å²) in [5.41, 5.74) is 5.11. The number of nitrogens with two attached hydrogens (primary N) is 1. The summed E-state index contributed by atoms with van der Waals surface area (Å²) in [5.74, 6) is 0. The molecule has 0 aromatic rings. The van der Waals surface area contributed by atoms with E-state index in [0.717, 1.165) is 38.6 Å². The molecule has 0 aliphatic rings. The molecule has 6 nitrogen and oxygen atoms in total. The van der Waals surface area contributed by atoms with Crippen LogP contribution in [0.5, 0.6) is 0 Å². The van der Waals surface area contributed by atoms with Gasteiger partial charge in [0.15, 0.2) is 0 Å². The van der Waals surface area contributed by atoms with Crippen molar-refractivity contribution in [1.82, 2.24) is 5.32 Å². The van der Waals surface area contributed by atoms with Crippen molar-refractivity contribution in [2.24, 2.45) is 5.73 Å². The van der Waals surface area contributed by atoms with Gasteiger partial charge in [-0.1, -0.05) is 13.3 Å². The molecule has 6 heteroatoms. The van der Waals surface area contributed by atoms with Crippen LogP contribution in [0.1, 0.15) is 66.2 Å². The van der Waals surface area contributed by atoms with E-state index in [2.05, 4.69) is 12.2 Å². The molecule has 23 heavy (non-hydrogen) atoms. The Labute approximate surface area is 141 Å². The molecule has 0 rings (SSSR count). The van der Waals surface area contributed by atoms with Gasteiger partial charge in [-0.15, -0.1) is 0 Å². The van der Waals surface area contributed by atoms with Gasteiger partial charge in [0, 0.05) is 18.6 Å². The lowest BCUT2D eigenvalue weighted by molar-refractivity contribution is -0.120. The second-order valence-corrected chi connectivity index (χ2v) is 6.68. The molecule has 0 radical (unpaired) electrons. The van der Waals surface area contributed by atoms with Crippen LogP contribution in [0.25, 0.3) is 0 Å². The second-order valence-electron chi connectivity index (χ2n) is 6.68. The first kappa shape index (κ1) is 22.1. The molecule has 0 fully saturated rings. The monoisotopic (exact) mass is 332 g/mol. The molecular weight excluding hydrogens is 296 g/mol. The van der Waals surface area contributed by atoms with Crippen molar-refractivity contribution in [3.63, 3.8) is 0 Å². The summed E-state index contributed by atoms with van der Waals surface area (Å²) in [6.07, 6.45) is 4.86. The fourth-order valence-corrected chi connectivity index (χ4v) is 1.87. The van der Waals surface area contributed by atoms with Gasteiger partial charge in [-0.25, -0.2) is 4.79 Å². The summed E-state index contributed by atoms with van der Waals surface area (Å²) in [4.78, 5) is 11.8. The van der Waals surface area contributed by atoms with Gasteiger partial charge < -0.3 is 25.3 Å². The third-order valence-electron chi connectivity index (χ3n) is 3.03. The molecule has 1 unspecified atom stereocenters. The molecule has 0 spiro atoms. The Hall–Kier alpha value is -0.850. The molecule has 0 bridgehead atoms. The number of unbranched alkanes of at least 4 members (excludes halogenated alkanes) is 3. The average molecular weight is 332 g/mol. The summed E-state index contributed by atoms with van der Waals surface area (Å²) in [7, 11) is 0. The molecule has 0 aromatic carbocycles. The third kappa shape index (κ3) is 15.8. The van der Waals surface area contributed by atoms with E-state index in [0.29, 0.717) is 26.2 Å². The van der Waals surface area contributed by atoms with Gasteiger partial charge in [0.1, 0.15) is 0 Å². The summed E-state index contributed by atoms with van der Waals surface area (Å²) < 4.78 is 16.5. The van der Waals surface area contributed by atoms with Gasteiger partial charge >= 0.3 is 6.09 Å². The standard InChI is InChI=1S/C17H36N2O4/c1-5-6-10-15(23-16(20)19-17(2,3)4)22-14-13-21-12-9-7-8-11-18/h15H,5-14,18H2,1-4H3,(H,19,20). The van der Waals surface area contributed by atoms with Gasteiger partial charge in [-0.2, -0.15) is 0 Å². The Morgan fingerprint density at radius 2 is 1.83 bits per heavy atom. The Morgan fingerprint density at radius 1 is 1.09 bits per heavy atom. The summed E-state index contributed by atoms with van der Waals surface area (Å²) >= 11 is 0. The maximum Gasteiger partial charge on any atom is 0.409 e. The van der Waals surface area contributed by atoms with E-state index < -0.39 is 12.4 Å². The number of nitrogens with one attached hydrogen (secondary N) is 1. The van der Waals surface area contributed by atoms with E-state index in [1.807, 2.05) is 20.8 Å². The number of hydrogen-bond donors (Lipinski definition) is 2. The topological polar surface area (TPSA) is 82.8 Å². The zero-order valence-corrected chi connectivity index (χ0v) is 15.4. The lowest BCUT2D eigenvalue weighted by Crippen LogP contribution is -2.42. The fraction of sp³-hybridized carbons (Fsp3) is 0.941. The van der Waals surface area contributed by atoms with Crippen LogP contribution in [0, 0.1) is 0 Å². The van der Waals surface area contributed by atoms with Crippen LogP contribution in [-0.2, 0) is 14.2 Å². The Bertz CT molecular complexity index is 293. The maximum atomic E-state index is 11.8. The van der Waals surface area contributed by atoms with E-state index in [1.54, 1.807) is 0 Å². The van der Waals surface area contributed by atoms with E-state index >= 15 is 0 Å². The summed E-state index contributed by atoms with van der Waals surface area (Å²) in [6.45, 7) is 10.2. The average Bonchev–Trinajstić information content (AvgIpc) is 2.45. The number of amides is 1. The highest BCUT2D eigenvalue weighted by Crippen LogP contribution is 2.09. The molecule has 138 valence electrons. The SMILES string of the molecule is CCCCC(OCCOCCCCCN)OC(=O)NC(C)(C)C. The molecule has 0 aliphatic heterocycles. The number of carbonyl (C=O) groups is 1. The van der Waals surface area contributed by atoms with Crippen molar-refractivity contribution >= 4 is 6.09 Å². The van der Waals surface area contributed by atoms with Gasteiger partial charge in [0.05, 0.1) is 13.2 Å². The van der Waals surface area contributed by atoms with Crippen molar-refractivity contribution in [2.75, 3.05) is 26.4 Å². The lowest BCUT2D eigenvalue weighted by atomic mass is 10.1. The number of alkyl carbamates (subject to hydrolysis) is 1. The summed E-state index contributed by atoms with van der Waals surface area (Å²) in [5, 5.41) is 2.77. The second kappa shape index (κ2) is 13.6. The van der Waals surface area contributed by atoms with E-state index in [9.17, 15) is 4.79 Å². The van der Waals surface area contributed by atoms with Gasteiger partial charge in [-0.3, -0.25) is 0 Å². The van der Waals surface area contributed by atoms with Crippen molar-refractivity contribution in [3.05, 3.63) is 0 Å². The van der Waals surface area contributed by atoms with E-state index in [-0.39, 0.29) is 5.54 Å². The maximum absolute atomic E-state index is 11.8. The largest absolute Gasteiger partial charge is 0.420 e. The molecule has 0 aliphatic carbocycles. The predicted molar refractivity (Wildman–Crippen MR) is 92.4 cm³/mol. The third-order valence-corrected chi connectivity index (χ3v) is 3.03. The zero-order chi connectivity index (χ0) is 17.6. The van der Waals surface area contributed by atoms with Gasteiger partial charge in [0.25, 0.3) is 0 Å². The minimum absolute atomic E-state index is 0.320. The smallest absolute Gasteiger partial charge is 0.409 e. The van der Waals surface area contributed by atoms with Crippen molar-refractivity contribution in [3.8, 4) is 0 Å². The van der Waals surface area contributed by atoms with Crippen LogP contribution >= 0.6 is 0 Å². The molecule has 1 atom stereocenters. The quantitative estimate of drug-likeness (QED) is 0.400. The minimum Gasteiger partial charge on any atom is -0.420 e. The van der Waals surface area contributed by atoms with Crippen LogP contribution in [0.3, 0.4) is 0 Å². The first-order valence-corrected chi connectivity index (χ1v) is 8.77. The summed E-state index contributed by atoms with van der Waals surface area (Å²) in [6, 6.07) is 0. The van der Waals surface area contributed by atoms with E-state index in [4.69, 9.17) is 19.9 Å². The first-order chi connectivity index (χ1) is 10.9. The predicted octanol–water partition coefficient (Wildman–Crippen LogP) is 3.19. The number of rotatable bonds is 13. The Balaban J connectivity index is 3.89. The van der Waals surface area contributed by atoms with Crippen LogP contribution in [0.4, 0.5) is 4.79 Å². The highest BCUT2D eigenvalue weighted by Gasteiger charge is 2.19.